The van der Waals surface area contributed by atoms with Crippen LogP contribution in [0.5, 0.6) is 0 Å². The molecule has 0 unspecified atom stereocenters. The summed E-state index contributed by atoms with van der Waals surface area (Å²) in [5.41, 5.74) is 5.83. The highest BCUT2D eigenvalue weighted by atomic mass is 32.1. The Kier molecular flexibility index (Phi) is 4.70. The van der Waals surface area contributed by atoms with E-state index in [4.69, 9.17) is 12.2 Å². The molecule has 1 aromatic carbocycles. The molecule has 0 bridgehead atoms. The molecule has 1 fully saturated rings. The van der Waals surface area contributed by atoms with Crippen LogP contribution in [0.1, 0.15) is 41.5 Å². The van der Waals surface area contributed by atoms with Gasteiger partial charge in [0.25, 0.3) is 0 Å². The number of benzene rings is 1. The van der Waals surface area contributed by atoms with Crippen molar-refractivity contribution in [3.63, 3.8) is 0 Å². The Balaban J connectivity index is 1.87. The first kappa shape index (κ1) is 17.7. The maximum absolute atomic E-state index is 5.79. The third kappa shape index (κ3) is 3.23. The van der Waals surface area contributed by atoms with Gasteiger partial charge in [0.1, 0.15) is 6.04 Å². The lowest BCUT2D eigenvalue weighted by atomic mass is 10.00. The van der Waals surface area contributed by atoms with Gasteiger partial charge in [-0.3, -0.25) is 4.98 Å². The van der Waals surface area contributed by atoms with Crippen molar-refractivity contribution in [3.05, 3.63) is 83.4 Å². The van der Waals surface area contributed by atoms with Crippen LogP contribution in [-0.2, 0) is 6.54 Å². The molecule has 0 radical (unpaired) electrons. The molecule has 27 heavy (non-hydrogen) atoms. The second-order valence-electron chi connectivity index (χ2n) is 7.06. The molecule has 2 atom stereocenters. The zero-order chi connectivity index (χ0) is 19.0. The summed E-state index contributed by atoms with van der Waals surface area (Å²) in [5.74, 6) is 0. The van der Waals surface area contributed by atoms with Crippen molar-refractivity contribution in [2.75, 3.05) is 4.90 Å². The molecule has 0 saturated carbocycles. The van der Waals surface area contributed by atoms with Crippen LogP contribution in [0.15, 0.2) is 60.9 Å². The van der Waals surface area contributed by atoms with Crippen LogP contribution < -0.4 is 10.2 Å². The first-order chi connectivity index (χ1) is 13.1. The van der Waals surface area contributed by atoms with Gasteiger partial charge in [-0.15, -0.1) is 0 Å². The van der Waals surface area contributed by atoms with Gasteiger partial charge in [0.2, 0.25) is 0 Å². The zero-order valence-corrected chi connectivity index (χ0v) is 16.7. The molecule has 4 nitrogen and oxygen atoms in total. The molecule has 1 aliphatic heterocycles. The number of nitrogens with one attached hydrogen (secondary N) is 1. The van der Waals surface area contributed by atoms with Gasteiger partial charge >= 0.3 is 0 Å². The van der Waals surface area contributed by atoms with Crippen LogP contribution >= 0.6 is 12.2 Å². The molecule has 0 aliphatic carbocycles. The Morgan fingerprint density at radius 2 is 1.85 bits per heavy atom. The minimum atomic E-state index is -0.000261. The molecule has 1 aliphatic rings. The number of aromatic nitrogens is 2. The Labute approximate surface area is 165 Å². The average Bonchev–Trinajstić information content (AvgIpc) is 3.25. The molecule has 138 valence electrons. The van der Waals surface area contributed by atoms with E-state index in [0.717, 1.165) is 23.0 Å². The predicted molar refractivity (Wildman–Crippen MR) is 114 cm³/mol. The molecule has 5 heteroatoms. The van der Waals surface area contributed by atoms with Gasteiger partial charge in [0, 0.05) is 30.3 Å². The van der Waals surface area contributed by atoms with Crippen molar-refractivity contribution < 1.29 is 0 Å². The Hall–Kier alpha value is -2.66. The number of rotatable bonds is 4. The van der Waals surface area contributed by atoms with Gasteiger partial charge in [-0.2, -0.15) is 0 Å². The minimum Gasteiger partial charge on any atom is -0.351 e. The molecule has 0 amide bonds. The molecule has 1 N–H and O–H groups in total. The molecule has 3 heterocycles. The number of pyridine rings is 1. The number of nitrogens with zero attached hydrogens (tertiary/aromatic N) is 3. The maximum Gasteiger partial charge on any atom is 0.174 e. The lowest BCUT2D eigenvalue weighted by Crippen LogP contribution is -2.30. The average molecular weight is 377 g/mol. The highest BCUT2D eigenvalue weighted by Crippen LogP contribution is 2.41. The third-order valence-electron chi connectivity index (χ3n) is 5.09. The monoisotopic (exact) mass is 376 g/mol. The van der Waals surface area contributed by atoms with E-state index in [-0.39, 0.29) is 12.1 Å². The predicted octanol–water partition coefficient (Wildman–Crippen LogP) is 4.70. The fourth-order valence-corrected chi connectivity index (χ4v) is 4.35. The highest BCUT2D eigenvalue weighted by Gasteiger charge is 2.41. The number of hydrogen-bond acceptors (Lipinski definition) is 2. The van der Waals surface area contributed by atoms with E-state index in [1.807, 2.05) is 18.3 Å². The van der Waals surface area contributed by atoms with E-state index in [0.29, 0.717) is 0 Å². The summed E-state index contributed by atoms with van der Waals surface area (Å²) in [4.78, 5) is 6.86. The Morgan fingerprint density at radius 3 is 2.52 bits per heavy atom. The van der Waals surface area contributed by atoms with E-state index in [1.54, 1.807) is 0 Å². The van der Waals surface area contributed by atoms with Crippen LogP contribution in [0, 0.1) is 13.8 Å². The smallest absolute Gasteiger partial charge is 0.174 e. The molecule has 0 spiro atoms. The van der Waals surface area contributed by atoms with Crippen LogP contribution in [0.3, 0.4) is 0 Å². The maximum atomic E-state index is 5.79. The molecule has 4 rings (SSSR count). The SMILES string of the molecule is CCn1cccc1[C@@H]1[C@@H](c2ccccn2)NC(=S)N1c1cc(C)cc(C)c1. The van der Waals surface area contributed by atoms with Crippen molar-refractivity contribution in [3.8, 4) is 0 Å². The van der Waals surface area contributed by atoms with Crippen molar-refractivity contribution in [2.45, 2.75) is 39.4 Å². The van der Waals surface area contributed by atoms with Gasteiger partial charge in [0.05, 0.1) is 11.7 Å². The summed E-state index contributed by atoms with van der Waals surface area (Å²) in [7, 11) is 0. The van der Waals surface area contributed by atoms with Crippen LogP contribution in [0.2, 0.25) is 0 Å². The lowest BCUT2D eigenvalue weighted by molar-refractivity contribution is 0.529. The number of anilines is 1. The Morgan fingerprint density at radius 1 is 1.07 bits per heavy atom. The summed E-state index contributed by atoms with van der Waals surface area (Å²) in [6.07, 6.45) is 3.97. The first-order valence-corrected chi connectivity index (χ1v) is 9.73. The van der Waals surface area contributed by atoms with Crippen molar-refractivity contribution in [1.29, 1.82) is 0 Å². The van der Waals surface area contributed by atoms with Gasteiger partial charge in [-0.05, 0) is 80.5 Å². The summed E-state index contributed by atoms with van der Waals surface area (Å²) >= 11 is 5.79. The molecular weight excluding hydrogens is 352 g/mol. The number of thiocarbonyl (C=S) groups is 1. The van der Waals surface area contributed by atoms with E-state index in [9.17, 15) is 0 Å². The van der Waals surface area contributed by atoms with Gasteiger partial charge in [0.15, 0.2) is 5.11 Å². The van der Waals surface area contributed by atoms with E-state index in [2.05, 4.69) is 83.1 Å². The van der Waals surface area contributed by atoms with Crippen LogP contribution in [0.4, 0.5) is 5.69 Å². The summed E-state index contributed by atoms with van der Waals surface area (Å²) < 4.78 is 2.28. The number of hydrogen-bond donors (Lipinski definition) is 1. The van der Waals surface area contributed by atoms with E-state index < -0.39 is 0 Å². The highest BCUT2D eigenvalue weighted by molar-refractivity contribution is 7.80. The van der Waals surface area contributed by atoms with Crippen molar-refractivity contribution in [2.24, 2.45) is 0 Å². The van der Waals surface area contributed by atoms with Crippen molar-refractivity contribution >= 4 is 23.0 Å². The van der Waals surface area contributed by atoms with Crippen LogP contribution in [0.25, 0.3) is 0 Å². The van der Waals surface area contributed by atoms with Gasteiger partial charge in [-0.1, -0.05) is 12.1 Å². The summed E-state index contributed by atoms with van der Waals surface area (Å²) in [5, 5.41) is 4.27. The third-order valence-corrected chi connectivity index (χ3v) is 5.41. The second kappa shape index (κ2) is 7.16. The normalized spacial score (nSPS) is 19.4. The standard InChI is InChI=1S/C22H24N4S/c1-4-25-11-7-9-19(25)21-20(18-8-5-6-10-23-18)24-22(27)26(21)17-13-15(2)12-16(3)14-17/h5-14,20-21H,4H2,1-3H3,(H,24,27)/t20-,21-/m1/s1. The quantitative estimate of drug-likeness (QED) is 0.669. The zero-order valence-electron chi connectivity index (χ0n) is 15.9. The fraction of sp³-hybridized carbons (Fsp3) is 0.273. The minimum absolute atomic E-state index is 0.000261. The molecule has 1 saturated heterocycles. The van der Waals surface area contributed by atoms with E-state index >= 15 is 0 Å². The fourth-order valence-electron chi connectivity index (χ4n) is 4.01. The molecule has 2 aromatic heterocycles. The van der Waals surface area contributed by atoms with Gasteiger partial charge in [-0.25, -0.2) is 0 Å². The first-order valence-electron chi connectivity index (χ1n) is 9.32. The van der Waals surface area contributed by atoms with Gasteiger partial charge < -0.3 is 14.8 Å². The second-order valence-corrected chi connectivity index (χ2v) is 7.45. The molecular formula is C22H24N4S. The largest absolute Gasteiger partial charge is 0.351 e. The Bertz CT molecular complexity index is 943. The number of aryl methyl sites for hydroxylation is 3. The lowest BCUT2D eigenvalue weighted by Gasteiger charge is -2.29. The van der Waals surface area contributed by atoms with Crippen molar-refractivity contribution in [1.82, 2.24) is 14.9 Å². The summed E-state index contributed by atoms with van der Waals surface area (Å²) in [6.45, 7) is 7.34. The summed E-state index contributed by atoms with van der Waals surface area (Å²) in [6, 6.07) is 17.0. The molecule has 3 aromatic rings. The van der Waals surface area contributed by atoms with E-state index in [1.165, 1.54) is 16.8 Å². The topological polar surface area (TPSA) is 33.1 Å². The van der Waals surface area contributed by atoms with Crippen LogP contribution in [-0.4, -0.2) is 14.7 Å².